The van der Waals surface area contributed by atoms with Crippen molar-refractivity contribution >= 4 is 17.9 Å². The summed E-state index contributed by atoms with van der Waals surface area (Å²) >= 11 is 0. The molecule has 250 valence electrons. The Kier molecular flexibility index (Phi) is 11.4. The number of esters is 3. The van der Waals surface area contributed by atoms with Gasteiger partial charge in [0.05, 0.1) is 19.3 Å². The summed E-state index contributed by atoms with van der Waals surface area (Å²) in [4.78, 5) is 36.6. The van der Waals surface area contributed by atoms with Crippen molar-refractivity contribution in [3.8, 4) is 0 Å². The lowest BCUT2D eigenvalue weighted by molar-refractivity contribution is -0.393. The van der Waals surface area contributed by atoms with E-state index in [9.17, 15) is 14.4 Å². The van der Waals surface area contributed by atoms with Crippen LogP contribution in [-0.4, -0.2) is 93.0 Å². The second-order valence-electron chi connectivity index (χ2n) is 11.2. The third-order valence-electron chi connectivity index (χ3n) is 7.80. The second kappa shape index (κ2) is 15.4. The smallest absolute Gasteiger partial charge is 0.303 e. The van der Waals surface area contributed by atoms with E-state index in [1.165, 1.54) is 27.9 Å². The number of rotatable bonds is 10. The van der Waals surface area contributed by atoms with Crippen molar-refractivity contribution in [2.75, 3.05) is 13.7 Å². The average molecular weight is 645 g/mol. The number of benzene rings is 2. The maximum atomic E-state index is 12.4. The highest BCUT2D eigenvalue weighted by Crippen LogP contribution is 2.39. The van der Waals surface area contributed by atoms with Gasteiger partial charge in [-0.1, -0.05) is 60.7 Å². The third-order valence-corrected chi connectivity index (χ3v) is 7.80. The Morgan fingerprint density at radius 3 is 1.96 bits per heavy atom. The average Bonchev–Trinajstić information content (AvgIpc) is 3.03. The zero-order valence-corrected chi connectivity index (χ0v) is 26.3. The number of carbonyl (C=O) groups is 3. The van der Waals surface area contributed by atoms with Crippen LogP contribution in [0, 0.1) is 0 Å². The Morgan fingerprint density at radius 1 is 0.717 bits per heavy atom. The summed E-state index contributed by atoms with van der Waals surface area (Å²) in [6.07, 6.45) is -10.7. The second-order valence-corrected chi connectivity index (χ2v) is 11.2. The van der Waals surface area contributed by atoms with E-state index in [-0.39, 0.29) is 13.2 Å². The quantitative estimate of drug-likeness (QED) is 0.276. The minimum atomic E-state index is -1.33. The van der Waals surface area contributed by atoms with Crippen LogP contribution in [0.15, 0.2) is 60.7 Å². The van der Waals surface area contributed by atoms with Gasteiger partial charge in [0.2, 0.25) is 0 Å². The summed E-state index contributed by atoms with van der Waals surface area (Å²) in [6, 6.07) is 18.9. The summed E-state index contributed by atoms with van der Waals surface area (Å²) in [5.41, 5.74) is 1.68. The van der Waals surface area contributed by atoms with Gasteiger partial charge in [-0.15, -0.1) is 0 Å². The Bertz CT molecular complexity index is 1300. The van der Waals surface area contributed by atoms with E-state index in [2.05, 4.69) is 0 Å². The lowest BCUT2D eigenvalue weighted by Gasteiger charge is -2.51. The van der Waals surface area contributed by atoms with Gasteiger partial charge >= 0.3 is 17.9 Å². The molecular weight excluding hydrogens is 604 g/mol. The normalized spacial score (nSPS) is 34.2. The minimum absolute atomic E-state index is 0.148. The summed E-state index contributed by atoms with van der Waals surface area (Å²) in [5, 5.41) is 0. The van der Waals surface area contributed by atoms with Gasteiger partial charge in [0.1, 0.15) is 24.4 Å². The van der Waals surface area contributed by atoms with Crippen molar-refractivity contribution in [1.29, 1.82) is 0 Å². The van der Waals surface area contributed by atoms with Crippen molar-refractivity contribution in [2.45, 2.75) is 102 Å². The maximum Gasteiger partial charge on any atom is 0.303 e. The van der Waals surface area contributed by atoms with E-state index < -0.39 is 85.6 Å². The first-order valence-electron chi connectivity index (χ1n) is 15.1. The molecule has 0 radical (unpaired) electrons. The van der Waals surface area contributed by atoms with Gasteiger partial charge in [0, 0.05) is 33.4 Å². The van der Waals surface area contributed by atoms with Gasteiger partial charge in [-0.2, -0.15) is 0 Å². The molecule has 3 fully saturated rings. The fourth-order valence-corrected chi connectivity index (χ4v) is 5.85. The Morgan fingerprint density at radius 2 is 1.33 bits per heavy atom. The van der Waals surface area contributed by atoms with E-state index in [1.54, 1.807) is 6.92 Å². The van der Waals surface area contributed by atoms with E-state index in [0.29, 0.717) is 0 Å². The first-order valence-corrected chi connectivity index (χ1v) is 15.1. The summed E-state index contributed by atoms with van der Waals surface area (Å²) in [7, 11) is 1.49. The fraction of sp³-hybridized carbons (Fsp3) is 0.545. The predicted octanol–water partition coefficient (Wildman–Crippen LogP) is 2.98. The van der Waals surface area contributed by atoms with Gasteiger partial charge in [0.15, 0.2) is 37.2 Å². The number of hydrogen-bond donors (Lipinski definition) is 0. The lowest BCUT2D eigenvalue weighted by Crippen LogP contribution is -2.67. The van der Waals surface area contributed by atoms with Crippen molar-refractivity contribution in [3.05, 3.63) is 71.8 Å². The molecule has 0 aromatic heterocycles. The molecular formula is C33H40O13. The number of hydrogen-bond acceptors (Lipinski definition) is 13. The molecule has 3 heterocycles. The molecule has 0 spiro atoms. The summed E-state index contributed by atoms with van der Waals surface area (Å²) in [5.74, 6) is -2.01. The highest BCUT2D eigenvalue weighted by atomic mass is 16.8. The van der Waals surface area contributed by atoms with Crippen molar-refractivity contribution in [2.24, 2.45) is 0 Å². The molecule has 2 aromatic rings. The van der Waals surface area contributed by atoms with Crippen LogP contribution in [0.2, 0.25) is 0 Å². The standard InChI is InChI=1S/C33H40O13/c1-18-25(41-19(2)34)27(42-20(3)35)30(43-21(4)36)33(40-18)46-28-26-24(17-39-31(45-26)23-14-10-7-11-15-23)44-32(37-5)29(28)38-16-22-12-8-6-9-13-22/h6-15,18,24-33H,16-17H2,1-5H3/t18-,24+,25-,26+,27-,28+,29-,30+,31+,32-,33+/m0/s1. The van der Waals surface area contributed by atoms with E-state index >= 15 is 0 Å². The largest absolute Gasteiger partial charge is 0.456 e. The zero-order chi connectivity index (χ0) is 32.8. The van der Waals surface area contributed by atoms with E-state index in [4.69, 9.17) is 47.4 Å². The molecule has 13 nitrogen and oxygen atoms in total. The molecule has 3 aliphatic rings. The van der Waals surface area contributed by atoms with Gasteiger partial charge in [0.25, 0.3) is 0 Å². The van der Waals surface area contributed by atoms with E-state index in [1.807, 2.05) is 60.7 Å². The minimum Gasteiger partial charge on any atom is -0.456 e. The molecule has 0 N–H and O–H groups in total. The topological polar surface area (TPSA) is 144 Å². The van der Waals surface area contributed by atoms with Gasteiger partial charge < -0.3 is 47.4 Å². The lowest BCUT2D eigenvalue weighted by atomic mass is 9.95. The van der Waals surface area contributed by atoms with Crippen LogP contribution in [0.5, 0.6) is 0 Å². The molecule has 2 aromatic carbocycles. The highest BCUT2D eigenvalue weighted by Gasteiger charge is 2.56. The fourth-order valence-electron chi connectivity index (χ4n) is 5.85. The van der Waals surface area contributed by atoms with Crippen molar-refractivity contribution in [1.82, 2.24) is 0 Å². The zero-order valence-electron chi connectivity index (χ0n) is 26.3. The monoisotopic (exact) mass is 644 g/mol. The molecule has 0 bridgehead atoms. The van der Waals surface area contributed by atoms with Gasteiger partial charge in [-0.25, -0.2) is 0 Å². The molecule has 3 aliphatic heterocycles. The van der Waals surface area contributed by atoms with Crippen LogP contribution in [0.4, 0.5) is 0 Å². The molecule has 46 heavy (non-hydrogen) atoms. The number of fused-ring (bicyclic) bond motifs is 1. The Hall–Kier alpha value is -3.43. The van der Waals surface area contributed by atoms with Crippen LogP contribution in [0.25, 0.3) is 0 Å². The molecule has 5 rings (SSSR count). The SMILES string of the molecule is CO[C@H]1O[C@@H]2CO[C@@H](c3ccccc3)O[C@H]2[C@@H](O[C@H]2O[C@@H](C)[C@H](OC(C)=O)[C@H](OC(C)=O)[C@H]2OC(C)=O)[C@@H]1OCc1ccccc1. The summed E-state index contributed by atoms with van der Waals surface area (Å²) in [6.45, 7) is 5.58. The van der Waals surface area contributed by atoms with Crippen LogP contribution in [-0.2, 0) is 68.4 Å². The van der Waals surface area contributed by atoms with Crippen LogP contribution in [0.3, 0.4) is 0 Å². The van der Waals surface area contributed by atoms with E-state index in [0.717, 1.165) is 11.1 Å². The molecule has 0 aliphatic carbocycles. The maximum absolute atomic E-state index is 12.4. The Labute approximate surface area is 267 Å². The number of carbonyl (C=O) groups excluding carboxylic acids is 3. The molecule has 11 atom stereocenters. The third kappa shape index (κ3) is 8.10. The van der Waals surface area contributed by atoms with Crippen LogP contribution in [0.1, 0.15) is 45.1 Å². The number of ether oxygens (including phenoxy) is 10. The molecule has 0 saturated carbocycles. The summed E-state index contributed by atoms with van der Waals surface area (Å²) < 4.78 is 60.5. The van der Waals surface area contributed by atoms with Crippen LogP contribution < -0.4 is 0 Å². The van der Waals surface area contributed by atoms with Gasteiger partial charge in [-0.05, 0) is 12.5 Å². The predicted molar refractivity (Wildman–Crippen MR) is 157 cm³/mol. The number of methoxy groups -OCH3 is 1. The first-order chi connectivity index (χ1) is 22.1. The van der Waals surface area contributed by atoms with Gasteiger partial charge in [-0.3, -0.25) is 14.4 Å². The first kappa shape index (κ1) is 33.9. The molecule has 13 heteroatoms. The molecule has 0 amide bonds. The van der Waals surface area contributed by atoms with Crippen molar-refractivity contribution < 1.29 is 61.8 Å². The Balaban J connectivity index is 1.50. The highest BCUT2D eigenvalue weighted by molar-refractivity contribution is 5.68. The van der Waals surface area contributed by atoms with Crippen molar-refractivity contribution in [3.63, 3.8) is 0 Å². The molecule has 3 saturated heterocycles. The van der Waals surface area contributed by atoms with Crippen LogP contribution >= 0.6 is 0 Å². The molecule has 0 unspecified atom stereocenters.